The number of aryl methyl sites for hydroxylation is 1. The topological polar surface area (TPSA) is 56.7 Å². The van der Waals surface area contributed by atoms with E-state index >= 15 is 0 Å². The molecule has 0 amide bonds. The number of nitrogen functional groups attached to an aromatic ring is 1. The lowest BCUT2D eigenvalue weighted by molar-refractivity contribution is -0.0328. The summed E-state index contributed by atoms with van der Waals surface area (Å²) in [5.41, 5.74) is 1.03. The van der Waals surface area contributed by atoms with Crippen LogP contribution in [-0.2, 0) is 6.54 Å². The lowest BCUT2D eigenvalue weighted by Gasteiger charge is -2.05. The van der Waals surface area contributed by atoms with Crippen LogP contribution in [0, 0.1) is 0 Å². The van der Waals surface area contributed by atoms with Gasteiger partial charge in [0.25, 0.3) is 0 Å². The van der Waals surface area contributed by atoms with Crippen molar-refractivity contribution >= 4 is 33.6 Å². The molecule has 2 N–H and O–H groups in total. The minimum atomic E-state index is -4.21. The molecule has 0 radical (unpaired) electrons. The zero-order chi connectivity index (χ0) is 10.8. The van der Waals surface area contributed by atoms with Gasteiger partial charge in [-0.05, 0) is 27.7 Å². The van der Waals surface area contributed by atoms with E-state index in [1.165, 1.54) is 4.68 Å². The number of anilines is 1. The first-order valence-corrected chi connectivity index (χ1v) is 5.23. The van der Waals surface area contributed by atoms with Gasteiger partial charge in [0.05, 0.1) is 6.54 Å². The van der Waals surface area contributed by atoms with Gasteiger partial charge in [0.15, 0.2) is 4.73 Å². The van der Waals surface area contributed by atoms with E-state index in [0.29, 0.717) is 4.73 Å². The van der Waals surface area contributed by atoms with Gasteiger partial charge in [-0.25, -0.2) is 4.68 Å². The van der Waals surface area contributed by atoms with Crippen molar-refractivity contribution in [2.75, 3.05) is 11.5 Å². The molecule has 0 aliphatic rings. The molecule has 9 heteroatoms. The minimum Gasteiger partial charge on any atom is -0.366 e. The van der Waals surface area contributed by atoms with Gasteiger partial charge >= 0.3 is 5.51 Å². The molecule has 0 fully saturated rings. The van der Waals surface area contributed by atoms with Crippen molar-refractivity contribution < 1.29 is 13.2 Å². The quantitative estimate of drug-likeness (QED) is 0.923. The third kappa shape index (κ3) is 3.74. The minimum absolute atomic E-state index is 0.0360. The molecule has 0 saturated carbocycles. The van der Waals surface area contributed by atoms with E-state index in [0.717, 1.165) is 0 Å². The van der Waals surface area contributed by atoms with Crippen LogP contribution >= 0.6 is 27.7 Å². The lowest BCUT2D eigenvalue weighted by Crippen LogP contribution is -2.08. The zero-order valence-electron chi connectivity index (χ0n) is 6.75. The summed E-state index contributed by atoms with van der Waals surface area (Å²) in [6, 6.07) is 0. The van der Waals surface area contributed by atoms with E-state index in [9.17, 15) is 13.2 Å². The van der Waals surface area contributed by atoms with E-state index in [4.69, 9.17) is 5.73 Å². The third-order valence-corrected chi connectivity index (χ3v) is 2.51. The molecule has 0 unspecified atom stereocenters. The van der Waals surface area contributed by atoms with Crippen LogP contribution in [0.25, 0.3) is 0 Å². The summed E-state index contributed by atoms with van der Waals surface area (Å²) in [5.74, 6) is -0.0841. The summed E-state index contributed by atoms with van der Waals surface area (Å²) >= 11 is 2.91. The Balaban J connectivity index is 2.42. The number of nitrogens with zero attached hydrogens (tertiary/aromatic N) is 3. The Hall–Kier alpha value is -0.440. The van der Waals surface area contributed by atoms with Crippen molar-refractivity contribution in [3.63, 3.8) is 0 Å². The summed E-state index contributed by atoms with van der Waals surface area (Å²) < 4.78 is 36.8. The normalized spacial score (nSPS) is 12.0. The number of halogens is 4. The average molecular weight is 291 g/mol. The summed E-state index contributed by atoms with van der Waals surface area (Å²) in [6.45, 7) is 0.106. The fraction of sp³-hybridized carbons (Fsp3) is 0.600. The highest BCUT2D eigenvalue weighted by Crippen LogP contribution is 2.30. The van der Waals surface area contributed by atoms with Gasteiger partial charge in [-0.3, -0.25) is 0 Å². The average Bonchev–Trinajstić information content (AvgIpc) is 2.27. The van der Waals surface area contributed by atoms with Gasteiger partial charge in [-0.2, -0.15) is 18.2 Å². The molecule has 0 aliphatic heterocycles. The van der Waals surface area contributed by atoms with Gasteiger partial charge in [0.2, 0.25) is 5.95 Å². The van der Waals surface area contributed by atoms with Crippen molar-refractivity contribution in [3.8, 4) is 0 Å². The van der Waals surface area contributed by atoms with Gasteiger partial charge in [0, 0.05) is 5.75 Å². The van der Waals surface area contributed by atoms with Gasteiger partial charge in [-0.15, -0.1) is 5.10 Å². The van der Waals surface area contributed by atoms with Crippen LogP contribution in [0.1, 0.15) is 0 Å². The first kappa shape index (κ1) is 11.6. The van der Waals surface area contributed by atoms with Gasteiger partial charge < -0.3 is 5.73 Å². The van der Waals surface area contributed by atoms with Crippen molar-refractivity contribution in [3.05, 3.63) is 4.73 Å². The maximum Gasteiger partial charge on any atom is 0.441 e. The van der Waals surface area contributed by atoms with E-state index in [1.807, 2.05) is 0 Å². The van der Waals surface area contributed by atoms with Gasteiger partial charge in [-0.1, -0.05) is 0 Å². The fourth-order valence-electron chi connectivity index (χ4n) is 0.730. The number of hydrogen-bond acceptors (Lipinski definition) is 4. The standard InChI is InChI=1S/C5H6BrF3N4S/c6-3-11-4(10)12-13(3)1-2-14-5(7,8)9/h1-2H2,(H2,10,12). The molecule has 0 bridgehead atoms. The second-order valence-corrected chi connectivity index (χ2v) is 4.13. The smallest absolute Gasteiger partial charge is 0.366 e. The molecular formula is C5H6BrF3N4S. The Kier molecular flexibility index (Phi) is 3.65. The highest BCUT2D eigenvalue weighted by atomic mass is 79.9. The summed E-state index contributed by atoms with van der Waals surface area (Å²) in [5, 5.41) is 3.69. The van der Waals surface area contributed by atoms with Crippen molar-refractivity contribution in [2.45, 2.75) is 12.1 Å². The fourth-order valence-corrected chi connectivity index (χ4v) is 1.66. The molecular weight excluding hydrogens is 285 g/mol. The maximum atomic E-state index is 11.7. The Morgan fingerprint density at radius 3 is 2.57 bits per heavy atom. The predicted octanol–water partition coefficient (Wildman–Crippen LogP) is 1.88. The SMILES string of the molecule is Nc1nc(Br)n(CCSC(F)(F)F)n1. The van der Waals surface area contributed by atoms with Crippen LogP contribution in [0.2, 0.25) is 0 Å². The molecule has 1 aromatic rings. The number of hydrogen-bond donors (Lipinski definition) is 1. The molecule has 0 aromatic carbocycles. The van der Waals surface area contributed by atoms with Crippen molar-refractivity contribution in [2.24, 2.45) is 0 Å². The van der Waals surface area contributed by atoms with E-state index < -0.39 is 5.51 Å². The lowest BCUT2D eigenvalue weighted by atomic mass is 10.8. The van der Waals surface area contributed by atoms with Crippen molar-refractivity contribution in [1.29, 1.82) is 0 Å². The number of nitrogens with two attached hydrogens (primary N) is 1. The number of alkyl halides is 3. The molecule has 0 atom stereocenters. The highest BCUT2D eigenvalue weighted by Gasteiger charge is 2.27. The Morgan fingerprint density at radius 1 is 1.50 bits per heavy atom. The van der Waals surface area contributed by atoms with Crippen LogP contribution in [0.3, 0.4) is 0 Å². The number of thioether (sulfide) groups is 1. The van der Waals surface area contributed by atoms with E-state index in [-0.39, 0.29) is 30.0 Å². The third-order valence-electron chi connectivity index (χ3n) is 1.21. The monoisotopic (exact) mass is 290 g/mol. The summed E-state index contributed by atoms with van der Waals surface area (Å²) in [6.07, 6.45) is 0. The maximum absolute atomic E-state index is 11.7. The number of rotatable bonds is 3. The molecule has 0 aliphatic carbocycles. The predicted molar refractivity (Wildman–Crippen MR) is 50.6 cm³/mol. The molecule has 14 heavy (non-hydrogen) atoms. The molecule has 4 nitrogen and oxygen atoms in total. The first-order chi connectivity index (χ1) is 6.38. The van der Waals surface area contributed by atoms with Crippen LogP contribution in [0.15, 0.2) is 4.73 Å². The van der Waals surface area contributed by atoms with Crippen molar-refractivity contribution in [1.82, 2.24) is 14.8 Å². The van der Waals surface area contributed by atoms with E-state index in [1.54, 1.807) is 0 Å². The highest BCUT2D eigenvalue weighted by molar-refractivity contribution is 9.10. The Labute approximate surface area is 90.2 Å². The second kappa shape index (κ2) is 4.39. The van der Waals surface area contributed by atoms with Crippen LogP contribution < -0.4 is 5.73 Å². The van der Waals surface area contributed by atoms with Crippen LogP contribution in [0.4, 0.5) is 19.1 Å². The van der Waals surface area contributed by atoms with E-state index in [2.05, 4.69) is 26.0 Å². The molecule has 1 aromatic heterocycles. The summed E-state index contributed by atoms with van der Waals surface area (Å²) in [7, 11) is 0. The van der Waals surface area contributed by atoms with Gasteiger partial charge in [0.1, 0.15) is 0 Å². The molecule has 1 heterocycles. The first-order valence-electron chi connectivity index (χ1n) is 3.45. The molecule has 1 rings (SSSR count). The molecule has 0 saturated heterocycles. The Bertz CT molecular complexity index is 312. The second-order valence-electron chi connectivity index (χ2n) is 2.26. The zero-order valence-corrected chi connectivity index (χ0v) is 9.16. The van der Waals surface area contributed by atoms with Crippen LogP contribution in [-0.4, -0.2) is 26.0 Å². The Morgan fingerprint density at radius 2 is 2.14 bits per heavy atom. The van der Waals surface area contributed by atoms with Crippen LogP contribution in [0.5, 0.6) is 0 Å². The molecule has 0 spiro atoms. The number of aromatic nitrogens is 3. The summed E-state index contributed by atoms with van der Waals surface area (Å²) in [4.78, 5) is 3.68. The molecule has 80 valence electrons. The largest absolute Gasteiger partial charge is 0.441 e.